The summed E-state index contributed by atoms with van der Waals surface area (Å²) in [6, 6.07) is 3.78. The van der Waals surface area contributed by atoms with Crippen molar-refractivity contribution in [2.45, 2.75) is 46.3 Å². The van der Waals surface area contributed by atoms with Gasteiger partial charge in [0.2, 0.25) is 13.2 Å². The van der Waals surface area contributed by atoms with Gasteiger partial charge in [-0.2, -0.15) is 5.10 Å². The molecule has 3 heterocycles. The number of nitrogens with zero attached hydrogens (tertiary/aromatic N) is 4. The van der Waals surface area contributed by atoms with Gasteiger partial charge < -0.3 is 30.3 Å². The molecule has 44 heavy (non-hydrogen) atoms. The summed E-state index contributed by atoms with van der Waals surface area (Å²) >= 11 is 0. The van der Waals surface area contributed by atoms with Crippen molar-refractivity contribution >= 4 is 47.3 Å². The van der Waals surface area contributed by atoms with E-state index in [0.717, 1.165) is 10.5 Å². The summed E-state index contributed by atoms with van der Waals surface area (Å²) < 4.78 is 11.5. The Morgan fingerprint density at radius 3 is 2.68 bits per heavy atom. The van der Waals surface area contributed by atoms with Crippen molar-refractivity contribution in [1.29, 1.82) is 0 Å². The summed E-state index contributed by atoms with van der Waals surface area (Å²) in [6.45, 7) is 7.96. The molecule has 4 N–H and O–H groups in total. The van der Waals surface area contributed by atoms with E-state index in [2.05, 4.69) is 31.5 Å². The maximum atomic E-state index is 13.8. The van der Waals surface area contributed by atoms with Gasteiger partial charge in [-0.15, -0.1) is 5.48 Å². The van der Waals surface area contributed by atoms with Crippen molar-refractivity contribution in [3.63, 3.8) is 0 Å². The molecule has 4 rings (SSSR count). The predicted octanol–water partition coefficient (Wildman–Crippen LogP) is 1.82. The monoisotopic (exact) mass is 608 g/mol. The number of fused-ring (bicyclic) bond motifs is 1. The number of hydrogen-bond donors (Lipinski definition) is 4. The largest absolute Gasteiger partial charge is 0.426 e. The molecule has 0 aliphatic carbocycles. The zero-order valence-electron chi connectivity index (χ0n) is 24.7. The van der Waals surface area contributed by atoms with Crippen LogP contribution in [0.2, 0.25) is 0 Å². The molecule has 0 saturated carbocycles. The van der Waals surface area contributed by atoms with E-state index >= 15 is 0 Å². The van der Waals surface area contributed by atoms with E-state index < -0.39 is 36.5 Å². The molecular formula is C28H32N8O8. The van der Waals surface area contributed by atoms with Crippen molar-refractivity contribution in [2.75, 3.05) is 18.7 Å². The molecule has 0 spiro atoms. The Balaban J connectivity index is 1.61. The molecule has 2 unspecified atom stereocenters. The minimum absolute atomic E-state index is 0.0966. The molecule has 2 atom stereocenters. The van der Waals surface area contributed by atoms with Gasteiger partial charge in [-0.3, -0.25) is 14.4 Å². The molecule has 0 saturated heterocycles. The van der Waals surface area contributed by atoms with Crippen LogP contribution in [0.3, 0.4) is 0 Å². The van der Waals surface area contributed by atoms with Crippen molar-refractivity contribution in [2.24, 2.45) is 0 Å². The quantitative estimate of drug-likeness (QED) is 0.140. The van der Waals surface area contributed by atoms with Crippen LogP contribution < -0.4 is 21.4 Å². The molecule has 232 valence electrons. The van der Waals surface area contributed by atoms with Gasteiger partial charge in [-0.05, 0) is 64.0 Å². The Morgan fingerprint density at radius 1 is 1.23 bits per heavy atom. The fourth-order valence-electron chi connectivity index (χ4n) is 4.34. The number of benzene rings is 1. The number of imide groups is 1. The minimum atomic E-state index is -1.46. The van der Waals surface area contributed by atoms with Gasteiger partial charge in [0.1, 0.15) is 24.1 Å². The molecule has 16 heteroatoms. The first-order chi connectivity index (χ1) is 21.0. The van der Waals surface area contributed by atoms with E-state index in [4.69, 9.17) is 14.3 Å². The van der Waals surface area contributed by atoms with Gasteiger partial charge in [-0.25, -0.2) is 24.0 Å². The summed E-state index contributed by atoms with van der Waals surface area (Å²) in [5.74, 6) is -1.47. The minimum Gasteiger partial charge on any atom is -0.426 e. The highest BCUT2D eigenvalue weighted by molar-refractivity contribution is 6.05. The maximum absolute atomic E-state index is 13.8. The fourth-order valence-corrected chi connectivity index (χ4v) is 4.34. The van der Waals surface area contributed by atoms with Crippen molar-refractivity contribution < 1.29 is 38.3 Å². The number of hydroxylamine groups is 1. The lowest BCUT2D eigenvalue weighted by Crippen LogP contribution is -2.58. The van der Waals surface area contributed by atoms with E-state index in [1.165, 1.54) is 44.6 Å². The van der Waals surface area contributed by atoms with Crippen LogP contribution in [0.25, 0.3) is 5.52 Å². The number of ether oxygens (including phenoxy) is 2. The lowest BCUT2D eigenvalue weighted by molar-refractivity contribution is -0.155. The molecule has 0 radical (unpaired) electrons. The summed E-state index contributed by atoms with van der Waals surface area (Å²) in [5, 5.41) is 12.4. The number of rotatable bonds is 11. The summed E-state index contributed by atoms with van der Waals surface area (Å²) in [7, 11) is 0. The molecule has 0 bridgehead atoms. The van der Waals surface area contributed by atoms with Crippen LogP contribution in [0.4, 0.5) is 16.3 Å². The Labute approximate surface area is 251 Å². The topological polar surface area (TPSA) is 195 Å². The highest BCUT2D eigenvalue weighted by atomic mass is 16.7. The molecule has 0 fully saturated rings. The van der Waals surface area contributed by atoms with Crippen molar-refractivity contribution in [3.8, 4) is 0 Å². The smallest absolute Gasteiger partial charge is 0.421 e. The highest BCUT2D eigenvalue weighted by Gasteiger charge is 2.43. The number of aryl methyl sites for hydroxylation is 2. The average molecular weight is 609 g/mol. The first-order valence-electron chi connectivity index (χ1n) is 13.5. The van der Waals surface area contributed by atoms with Crippen LogP contribution in [-0.4, -0.2) is 74.8 Å². The Bertz CT molecular complexity index is 1640. The number of hydrogen-bond acceptors (Lipinski definition) is 12. The van der Waals surface area contributed by atoms with E-state index in [9.17, 15) is 24.0 Å². The lowest BCUT2D eigenvalue weighted by Gasteiger charge is -2.33. The van der Waals surface area contributed by atoms with Gasteiger partial charge in [-0.1, -0.05) is 6.07 Å². The van der Waals surface area contributed by atoms with Crippen molar-refractivity contribution in [1.82, 2.24) is 35.6 Å². The second-order valence-electron chi connectivity index (χ2n) is 9.89. The standard InChI is InChI=1S/C28H32N8O8/c1-6-29-24(38)20-12-35-22(17(20)3)23(30-13-32-35)33-21-11-19(8-7-16(21)2)25(39)36(28(5)9-10-44-34-28)27(41)43-15-42-26(40)18(4)31-14-37/h7-14,18,34H,6,15H2,1-5H3,(H,29,38)(H,31,37)(H,30,32,33). The van der Waals surface area contributed by atoms with Crippen LogP contribution in [-0.2, 0) is 23.9 Å². The number of carbonyl (C=O) groups is 5. The van der Waals surface area contributed by atoms with Gasteiger partial charge in [0, 0.05) is 24.0 Å². The molecule has 16 nitrogen and oxygen atoms in total. The second-order valence-corrected chi connectivity index (χ2v) is 9.89. The average Bonchev–Trinajstić information content (AvgIpc) is 3.58. The number of carbonyl (C=O) groups excluding carboxylic acids is 5. The molecule has 1 aliphatic heterocycles. The maximum Gasteiger partial charge on any atom is 0.421 e. The second kappa shape index (κ2) is 13.2. The highest BCUT2D eigenvalue weighted by Crippen LogP contribution is 2.29. The number of amides is 4. The van der Waals surface area contributed by atoms with Crippen LogP contribution in [0, 0.1) is 13.8 Å². The third kappa shape index (κ3) is 6.44. The fraction of sp³-hybridized carbons (Fsp3) is 0.321. The molecule has 1 aliphatic rings. The summed E-state index contributed by atoms with van der Waals surface area (Å²) in [6.07, 6.45) is 4.83. The Kier molecular flexibility index (Phi) is 9.43. The molecule has 1 aromatic carbocycles. The third-order valence-corrected chi connectivity index (χ3v) is 6.78. The SMILES string of the molecule is CCNC(=O)c1cn2ncnc(Nc3cc(C(=O)N(C(=O)OCOC(=O)C(C)NC=O)C4(C)C=CON4)ccc3C)c2c1C. The normalized spacial score (nSPS) is 16.0. The lowest BCUT2D eigenvalue weighted by atomic mass is 10.1. The molecule has 2 aromatic heterocycles. The van der Waals surface area contributed by atoms with Crippen LogP contribution >= 0.6 is 0 Å². The van der Waals surface area contributed by atoms with E-state index in [1.807, 2.05) is 13.8 Å². The number of aromatic nitrogens is 3. The first kappa shape index (κ1) is 31.4. The predicted molar refractivity (Wildman–Crippen MR) is 154 cm³/mol. The first-order valence-corrected chi connectivity index (χ1v) is 13.5. The number of anilines is 2. The zero-order chi connectivity index (χ0) is 32.0. The van der Waals surface area contributed by atoms with Gasteiger partial charge in [0.15, 0.2) is 11.5 Å². The Hall–Kier alpha value is -5.51. The number of esters is 1. The summed E-state index contributed by atoms with van der Waals surface area (Å²) in [4.78, 5) is 72.3. The van der Waals surface area contributed by atoms with E-state index in [0.29, 0.717) is 41.1 Å². The van der Waals surface area contributed by atoms with E-state index in [1.54, 1.807) is 23.7 Å². The van der Waals surface area contributed by atoms with Crippen LogP contribution in [0.1, 0.15) is 52.6 Å². The molecule has 3 aromatic rings. The molecule has 4 amide bonds. The van der Waals surface area contributed by atoms with Gasteiger partial charge >= 0.3 is 12.1 Å². The van der Waals surface area contributed by atoms with E-state index in [-0.39, 0.29) is 11.5 Å². The Morgan fingerprint density at radius 2 is 2.00 bits per heavy atom. The third-order valence-electron chi connectivity index (χ3n) is 6.78. The van der Waals surface area contributed by atoms with Gasteiger partial charge in [0.25, 0.3) is 11.8 Å². The zero-order valence-corrected chi connectivity index (χ0v) is 24.7. The molecular weight excluding hydrogens is 576 g/mol. The number of nitrogens with one attached hydrogen (secondary N) is 4. The van der Waals surface area contributed by atoms with Crippen LogP contribution in [0.15, 0.2) is 43.1 Å². The van der Waals surface area contributed by atoms with Crippen LogP contribution in [0.5, 0.6) is 0 Å². The van der Waals surface area contributed by atoms with Gasteiger partial charge in [0.05, 0.1) is 5.56 Å². The van der Waals surface area contributed by atoms with Crippen molar-refractivity contribution in [3.05, 3.63) is 65.3 Å². The summed E-state index contributed by atoms with van der Waals surface area (Å²) in [5.41, 5.74) is 4.12.